The summed E-state index contributed by atoms with van der Waals surface area (Å²) < 4.78 is 20.9. The van der Waals surface area contributed by atoms with Crippen LogP contribution >= 0.6 is 0 Å². The van der Waals surface area contributed by atoms with E-state index in [1.807, 2.05) is 6.92 Å². The van der Waals surface area contributed by atoms with Crippen molar-refractivity contribution in [1.29, 1.82) is 0 Å². The molecule has 10 heavy (non-hydrogen) atoms. The van der Waals surface area contributed by atoms with Crippen LogP contribution in [-0.4, -0.2) is 15.3 Å². The average Bonchev–Trinajstić information content (AvgIpc) is 1.82. The Labute approximate surface area is 64.6 Å². The third-order valence-electron chi connectivity index (χ3n) is 1.67. The maximum absolute atomic E-state index is 10.1. The fraction of sp³-hybridized carbons (Fsp3) is 1.00. The molecule has 62 valence electrons. The summed E-state index contributed by atoms with van der Waals surface area (Å²) in [4.78, 5) is 0. The van der Waals surface area contributed by atoms with E-state index in [0.717, 1.165) is 0 Å². The van der Waals surface area contributed by atoms with Crippen LogP contribution in [-0.2, 0) is 11.3 Å². The fourth-order valence-corrected chi connectivity index (χ4v) is 0.844. The van der Waals surface area contributed by atoms with Crippen LogP contribution in [0.15, 0.2) is 0 Å². The molecule has 3 nitrogen and oxygen atoms in total. The molecule has 0 bridgehead atoms. The van der Waals surface area contributed by atoms with Crippen molar-refractivity contribution in [3.05, 3.63) is 0 Å². The van der Waals surface area contributed by atoms with Gasteiger partial charge in [0.05, 0.1) is 0 Å². The van der Waals surface area contributed by atoms with E-state index in [9.17, 15) is 4.21 Å². The van der Waals surface area contributed by atoms with Gasteiger partial charge in [-0.1, -0.05) is 20.8 Å². The second kappa shape index (κ2) is 4.82. The first kappa shape index (κ1) is 10.1. The number of hydrogen-bond donors (Lipinski definition) is 2. The molecule has 0 rings (SSSR count). The monoisotopic (exact) mass is 165 g/mol. The van der Waals surface area contributed by atoms with Gasteiger partial charge in [-0.15, -0.1) is 0 Å². The highest BCUT2D eigenvalue weighted by atomic mass is 32.2. The van der Waals surface area contributed by atoms with Crippen LogP contribution in [0, 0.1) is 11.8 Å². The summed E-state index contributed by atoms with van der Waals surface area (Å²) in [6.07, 6.45) is 0. The van der Waals surface area contributed by atoms with E-state index in [2.05, 4.69) is 18.6 Å². The van der Waals surface area contributed by atoms with E-state index < -0.39 is 11.3 Å². The van der Waals surface area contributed by atoms with Crippen molar-refractivity contribution < 1.29 is 8.76 Å². The lowest BCUT2D eigenvalue weighted by Crippen LogP contribution is -2.25. The van der Waals surface area contributed by atoms with E-state index in [-0.39, 0.29) is 0 Å². The highest BCUT2D eigenvalue weighted by molar-refractivity contribution is 7.77. The lowest BCUT2D eigenvalue weighted by molar-refractivity contribution is 0.412. The lowest BCUT2D eigenvalue weighted by Gasteiger charge is -2.13. The van der Waals surface area contributed by atoms with E-state index in [1.165, 1.54) is 0 Å². The molecule has 0 aromatic carbocycles. The van der Waals surface area contributed by atoms with E-state index in [0.29, 0.717) is 18.4 Å². The van der Waals surface area contributed by atoms with Crippen LogP contribution in [0.5, 0.6) is 0 Å². The number of nitrogens with one attached hydrogen (secondary N) is 1. The third-order valence-corrected chi connectivity index (χ3v) is 2.08. The van der Waals surface area contributed by atoms with E-state index in [1.54, 1.807) is 0 Å². The van der Waals surface area contributed by atoms with Crippen LogP contribution in [0.25, 0.3) is 0 Å². The maximum atomic E-state index is 10.1. The van der Waals surface area contributed by atoms with Crippen LogP contribution in [0.4, 0.5) is 0 Å². The Kier molecular flexibility index (Phi) is 4.85. The summed E-state index contributed by atoms with van der Waals surface area (Å²) in [6.45, 7) is 6.82. The molecule has 0 spiro atoms. The van der Waals surface area contributed by atoms with Gasteiger partial charge in [-0.05, 0) is 11.8 Å². The summed E-state index contributed by atoms with van der Waals surface area (Å²) in [5.41, 5.74) is 0. The first-order valence-electron chi connectivity index (χ1n) is 3.38. The topological polar surface area (TPSA) is 49.3 Å². The van der Waals surface area contributed by atoms with E-state index >= 15 is 0 Å². The SMILES string of the molecule is CC(C)[C@H](C)CNS(=O)O. The summed E-state index contributed by atoms with van der Waals surface area (Å²) in [7, 11) is 0. The van der Waals surface area contributed by atoms with Crippen molar-refractivity contribution in [1.82, 2.24) is 4.72 Å². The molecule has 0 amide bonds. The molecule has 0 aliphatic rings. The molecule has 0 aliphatic carbocycles. The van der Waals surface area contributed by atoms with Gasteiger partial charge < -0.3 is 0 Å². The summed E-state index contributed by atoms with van der Waals surface area (Å²) in [5, 5.41) is 0. The molecule has 0 heterocycles. The smallest absolute Gasteiger partial charge is 0.231 e. The second-order valence-electron chi connectivity index (χ2n) is 2.82. The molecule has 0 radical (unpaired) electrons. The molecule has 0 aliphatic heterocycles. The number of rotatable bonds is 4. The zero-order valence-corrected chi connectivity index (χ0v) is 7.44. The molecule has 0 aromatic rings. The summed E-state index contributed by atoms with van der Waals surface area (Å²) in [6, 6.07) is 0. The largest absolute Gasteiger partial charge is 0.294 e. The average molecular weight is 165 g/mol. The van der Waals surface area contributed by atoms with Crippen molar-refractivity contribution in [2.24, 2.45) is 11.8 Å². The molecule has 2 atom stereocenters. The molecule has 0 aromatic heterocycles. The molecular formula is C6H15NO2S. The second-order valence-corrected chi connectivity index (χ2v) is 3.61. The molecule has 0 saturated heterocycles. The highest BCUT2D eigenvalue weighted by Crippen LogP contribution is 2.07. The Hall–Kier alpha value is 0.0700. The van der Waals surface area contributed by atoms with E-state index in [4.69, 9.17) is 4.55 Å². The Bertz CT molecular complexity index is 116. The molecule has 1 unspecified atom stereocenters. The van der Waals surface area contributed by atoms with Gasteiger partial charge in [0.25, 0.3) is 0 Å². The van der Waals surface area contributed by atoms with Crippen molar-refractivity contribution in [2.75, 3.05) is 6.54 Å². The zero-order valence-electron chi connectivity index (χ0n) is 6.63. The normalized spacial score (nSPS) is 17.3. The lowest BCUT2D eigenvalue weighted by atomic mass is 9.99. The van der Waals surface area contributed by atoms with Crippen LogP contribution < -0.4 is 4.72 Å². The fourth-order valence-electron chi connectivity index (χ4n) is 0.438. The van der Waals surface area contributed by atoms with Crippen LogP contribution in [0.1, 0.15) is 20.8 Å². The first-order valence-corrected chi connectivity index (χ1v) is 4.49. The van der Waals surface area contributed by atoms with Gasteiger partial charge in [0.2, 0.25) is 11.3 Å². The van der Waals surface area contributed by atoms with Crippen LogP contribution in [0.2, 0.25) is 0 Å². The van der Waals surface area contributed by atoms with Crippen molar-refractivity contribution >= 4 is 11.3 Å². The molecule has 2 N–H and O–H groups in total. The highest BCUT2D eigenvalue weighted by Gasteiger charge is 2.06. The standard InChI is InChI=1S/C6H15NO2S/c1-5(2)6(3)4-7-10(8)9/h5-7H,4H2,1-3H3,(H,8,9)/t6-/m1/s1. The van der Waals surface area contributed by atoms with Gasteiger partial charge in [0, 0.05) is 6.54 Å². The van der Waals surface area contributed by atoms with Gasteiger partial charge in [-0.2, -0.15) is 0 Å². The predicted molar refractivity (Wildman–Crippen MR) is 42.8 cm³/mol. The maximum Gasteiger partial charge on any atom is 0.231 e. The quantitative estimate of drug-likeness (QED) is 0.611. The zero-order chi connectivity index (χ0) is 8.15. The minimum absolute atomic E-state index is 0.441. The Morgan fingerprint density at radius 1 is 1.50 bits per heavy atom. The number of hydrogen-bond acceptors (Lipinski definition) is 1. The van der Waals surface area contributed by atoms with Crippen LogP contribution in [0.3, 0.4) is 0 Å². The van der Waals surface area contributed by atoms with Gasteiger partial charge in [0.1, 0.15) is 0 Å². The Morgan fingerprint density at radius 2 is 2.00 bits per heavy atom. The summed E-state index contributed by atoms with van der Waals surface area (Å²) in [5.74, 6) is 0.993. The van der Waals surface area contributed by atoms with Gasteiger partial charge >= 0.3 is 0 Å². The third kappa shape index (κ3) is 4.90. The summed E-state index contributed by atoms with van der Waals surface area (Å²) >= 11 is -1.85. The minimum atomic E-state index is -1.85. The first-order chi connectivity index (χ1) is 4.54. The van der Waals surface area contributed by atoms with Crippen molar-refractivity contribution in [2.45, 2.75) is 20.8 Å². The molecular weight excluding hydrogens is 150 g/mol. The predicted octanol–water partition coefficient (Wildman–Crippen LogP) is 1.00. The Morgan fingerprint density at radius 3 is 2.30 bits per heavy atom. The van der Waals surface area contributed by atoms with Crippen molar-refractivity contribution in [3.63, 3.8) is 0 Å². The van der Waals surface area contributed by atoms with Crippen molar-refractivity contribution in [3.8, 4) is 0 Å². The minimum Gasteiger partial charge on any atom is -0.294 e. The Balaban J connectivity index is 3.39. The molecule has 4 heteroatoms. The molecule has 0 saturated carbocycles. The van der Waals surface area contributed by atoms with Gasteiger partial charge in [0.15, 0.2) is 0 Å². The van der Waals surface area contributed by atoms with Gasteiger partial charge in [-0.25, -0.2) is 8.93 Å². The molecule has 0 fully saturated rings. The van der Waals surface area contributed by atoms with Gasteiger partial charge in [-0.3, -0.25) is 4.55 Å².